The molecular formula is C25H39N5O. The zero-order valence-electron chi connectivity index (χ0n) is 19.1. The quantitative estimate of drug-likeness (QED) is 0.521. The number of guanidine groups is 1. The van der Waals surface area contributed by atoms with Crippen LogP contribution in [-0.4, -0.2) is 74.0 Å². The second-order valence-corrected chi connectivity index (χ2v) is 9.54. The smallest absolute Gasteiger partial charge is 0.225 e. The van der Waals surface area contributed by atoms with Crippen LogP contribution in [0, 0.1) is 11.8 Å². The molecule has 2 heterocycles. The van der Waals surface area contributed by atoms with Gasteiger partial charge in [0.15, 0.2) is 5.96 Å². The standard InChI is InChI=1S/C25H39N5O/c1-26-25(28-23-13-16-30(19-23)24(31)22-9-5-6-10-22)27-17-21-12-15-29(18-21)14-11-20-7-3-2-4-8-20/h2-4,7-8,21-23H,5-6,9-19H2,1H3,(H2,26,27,28). The molecule has 6 nitrogen and oxygen atoms in total. The van der Waals surface area contributed by atoms with E-state index in [9.17, 15) is 4.79 Å². The lowest BCUT2D eigenvalue weighted by molar-refractivity contribution is -0.134. The Kier molecular flexibility index (Phi) is 7.84. The highest BCUT2D eigenvalue weighted by Gasteiger charge is 2.32. The van der Waals surface area contributed by atoms with Gasteiger partial charge in [0, 0.05) is 51.7 Å². The molecule has 31 heavy (non-hydrogen) atoms. The van der Waals surface area contributed by atoms with Gasteiger partial charge < -0.3 is 20.4 Å². The van der Waals surface area contributed by atoms with Crippen LogP contribution in [0.3, 0.4) is 0 Å². The highest BCUT2D eigenvalue weighted by atomic mass is 16.2. The summed E-state index contributed by atoms with van der Waals surface area (Å²) in [6, 6.07) is 11.1. The van der Waals surface area contributed by atoms with E-state index in [1.807, 2.05) is 7.05 Å². The lowest BCUT2D eigenvalue weighted by Gasteiger charge is -2.22. The fraction of sp³-hybridized carbons (Fsp3) is 0.680. The van der Waals surface area contributed by atoms with Gasteiger partial charge >= 0.3 is 0 Å². The molecule has 3 fully saturated rings. The first-order chi connectivity index (χ1) is 15.2. The minimum Gasteiger partial charge on any atom is -0.356 e. The minimum absolute atomic E-state index is 0.281. The number of nitrogens with zero attached hydrogens (tertiary/aromatic N) is 3. The Morgan fingerprint density at radius 2 is 1.87 bits per heavy atom. The SMILES string of the molecule is CN=C(NCC1CCN(CCc2ccccc2)C1)NC1CCN(C(=O)C2CCCC2)C1. The molecule has 2 N–H and O–H groups in total. The van der Waals surface area contributed by atoms with Crippen LogP contribution in [0.4, 0.5) is 0 Å². The summed E-state index contributed by atoms with van der Waals surface area (Å²) >= 11 is 0. The minimum atomic E-state index is 0.281. The van der Waals surface area contributed by atoms with Crippen LogP contribution in [0.5, 0.6) is 0 Å². The highest BCUT2D eigenvalue weighted by Crippen LogP contribution is 2.27. The topological polar surface area (TPSA) is 60.0 Å². The van der Waals surface area contributed by atoms with E-state index in [4.69, 9.17) is 0 Å². The first-order valence-corrected chi connectivity index (χ1v) is 12.2. The molecule has 1 amide bonds. The number of rotatable bonds is 7. The van der Waals surface area contributed by atoms with Crippen LogP contribution in [0.2, 0.25) is 0 Å². The number of likely N-dealkylation sites (tertiary alicyclic amines) is 2. The molecule has 2 aliphatic heterocycles. The van der Waals surface area contributed by atoms with E-state index in [1.165, 1.54) is 31.4 Å². The lowest BCUT2D eigenvalue weighted by Crippen LogP contribution is -2.46. The highest BCUT2D eigenvalue weighted by molar-refractivity contribution is 5.81. The molecule has 0 aromatic heterocycles. The Balaban J connectivity index is 1.14. The van der Waals surface area contributed by atoms with Crippen molar-refractivity contribution in [3.63, 3.8) is 0 Å². The van der Waals surface area contributed by atoms with Crippen LogP contribution < -0.4 is 10.6 Å². The van der Waals surface area contributed by atoms with Crippen LogP contribution >= 0.6 is 0 Å². The van der Waals surface area contributed by atoms with E-state index < -0.39 is 0 Å². The van der Waals surface area contributed by atoms with Crippen molar-refractivity contribution in [2.75, 3.05) is 46.3 Å². The first kappa shape index (κ1) is 22.1. The summed E-state index contributed by atoms with van der Waals surface area (Å²) in [5.41, 5.74) is 1.42. The summed E-state index contributed by atoms with van der Waals surface area (Å²) in [5.74, 6) is 2.20. The second kappa shape index (κ2) is 11.0. The molecule has 1 aliphatic carbocycles. The fourth-order valence-corrected chi connectivity index (χ4v) is 5.35. The summed E-state index contributed by atoms with van der Waals surface area (Å²) in [6.45, 7) is 6.13. The number of amides is 1. The Hall–Kier alpha value is -2.08. The van der Waals surface area contributed by atoms with Crippen molar-refractivity contribution in [3.05, 3.63) is 35.9 Å². The number of benzene rings is 1. The summed E-state index contributed by atoms with van der Waals surface area (Å²) < 4.78 is 0. The number of hydrogen-bond donors (Lipinski definition) is 2. The van der Waals surface area contributed by atoms with Crippen LogP contribution in [0.15, 0.2) is 35.3 Å². The zero-order chi connectivity index (χ0) is 21.5. The van der Waals surface area contributed by atoms with Crippen molar-refractivity contribution in [1.82, 2.24) is 20.4 Å². The summed E-state index contributed by atoms with van der Waals surface area (Å²) in [7, 11) is 1.84. The third-order valence-corrected chi connectivity index (χ3v) is 7.26. The number of carbonyl (C=O) groups is 1. The molecular weight excluding hydrogens is 386 g/mol. The van der Waals surface area contributed by atoms with Crippen molar-refractivity contribution >= 4 is 11.9 Å². The predicted molar refractivity (Wildman–Crippen MR) is 126 cm³/mol. The van der Waals surface area contributed by atoms with Crippen molar-refractivity contribution in [1.29, 1.82) is 0 Å². The van der Waals surface area contributed by atoms with Gasteiger partial charge in [-0.3, -0.25) is 9.79 Å². The molecule has 2 unspecified atom stereocenters. The summed E-state index contributed by atoms with van der Waals surface area (Å²) in [4.78, 5) is 21.8. The van der Waals surface area contributed by atoms with E-state index in [0.29, 0.717) is 17.9 Å². The van der Waals surface area contributed by atoms with Gasteiger partial charge in [0.25, 0.3) is 0 Å². The van der Waals surface area contributed by atoms with Crippen LogP contribution in [0.1, 0.15) is 44.1 Å². The lowest BCUT2D eigenvalue weighted by atomic mass is 10.1. The van der Waals surface area contributed by atoms with Gasteiger partial charge in [0.05, 0.1) is 0 Å². The average molecular weight is 426 g/mol. The summed E-state index contributed by atoms with van der Waals surface area (Å²) in [5, 5.41) is 7.09. The third-order valence-electron chi connectivity index (χ3n) is 7.26. The molecule has 1 aromatic carbocycles. The van der Waals surface area contributed by atoms with E-state index in [2.05, 4.69) is 55.8 Å². The van der Waals surface area contributed by atoms with Gasteiger partial charge in [-0.05, 0) is 50.1 Å². The molecule has 6 heteroatoms. The molecule has 0 bridgehead atoms. The molecule has 1 aromatic rings. The Morgan fingerprint density at radius 1 is 1.06 bits per heavy atom. The zero-order valence-corrected chi connectivity index (χ0v) is 19.1. The molecule has 170 valence electrons. The first-order valence-electron chi connectivity index (χ1n) is 12.2. The van der Waals surface area contributed by atoms with Gasteiger partial charge in [-0.1, -0.05) is 43.2 Å². The Labute approximate surface area is 187 Å². The molecule has 2 atom stereocenters. The van der Waals surface area contributed by atoms with Gasteiger partial charge in [-0.15, -0.1) is 0 Å². The van der Waals surface area contributed by atoms with Crippen molar-refractivity contribution in [2.45, 2.75) is 51.0 Å². The number of hydrogen-bond acceptors (Lipinski definition) is 3. The number of nitrogens with one attached hydrogen (secondary N) is 2. The Bertz CT molecular complexity index is 731. The monoisotopic (exact) mass is 425 g/mol. The van der Waals surface area contributed by atoms with Gasteiger partial charge in [0.2, 0.25) is 5.91 Å². The molecule has 1 saturated carbocycles. The predicted octanol–water partition coefficient (Wildman–Crippen LogP) is 2.51. The molecule has 4 rings (SSSR count). The third kappa shape index (κ3) is 6.22. The van der Waals surface area contributed by atoms with E-state index >= 15 is 0 Å². The molecule has 0 spiro atoms. The average Bonchev–Trinajstić information content (AvgIpc) is 3.57. The maximum Gasteiger partial charge on any atom is 0.225 e. The second-order valence-electron chi connectivity index (χ2n) is 9.54. The van der Waals surface area contributed by atoms with Gasteiger partial charge in [0.1, 0.15) is 0 Å². The van der Waals surface area contributed by atoms with Crippen molar-refractivity contribution in [3.8, 4) is 0 Å². The van der Waals surface area contributed by atoms with Gasteiger partial charge in [-0.25, -0.2) is 0 Å². The van der Waals surface area contributed by atoms with Crippen LogP contribution in [0.25, 0.3) is 0 Å². The largest absolute Gasteiger partial charge is 0.356 e. The van der Waals surface area contributed by atoms with Gasteiger partial charge in [-0.2, -0.15) is 0 Å². The molecule has 0 radical (unpaired) electrons. The van der Waals surface area contributed by atoms with Crippen molar-refractivity contribution in [2.24, 2.45) is 16.8 Å². The molecule has 3 aliphatic rings. The maximum atomic E-state index is 12.7. The van der Waals surface area contributed by atoms with Crippen LogP contribution in [-0.2, 0) is 11.2 Å². The Morgan fingerprint density at radius 3 is 2.65 bits per heavy atom. The fourth-order valence-electron chi connectivity index (χ4n) is 5.35. The normalized spacial score (nSPS) is 25.3. The number of carbonyl (C=O) groups excluding carboxylic acids is 1. The summed E-state index contributed by atoms with van der Waals surface area (Å²) in [6.07, 6.45) is 7.98. The van der Waals surface area contributed by atoms with E-state index in [-0.39, 0.29) is 5.92 Å². The molecule has 2 saturated heterocycles. The van der Waals surface area contributed by atoms with Crippen molar-refractivity contribution < 1.29 is 4.79 Å². The van der Waals surface area contributed by atoms with E-state index in [0.717, 1.165) is 64.4 Å². The van der Waals surface area contributed by atoms with E-state index in [1.54, 1.807) is 0 Å². The number of aliphatic imine (C=N–C) groups is 1. The maximum absolute atomic E-state index is 12.7.